The van der Waals surface area contributed by atoms with Gasteiger partial charge in [0.1, 0.15) is 12.2 Å². The first-order valence-corrected chi connectivity index (χ1v) is 8.60. The van der Waals surface area contributed by atoms with Gasteiger partial charge in [-0.05, 0) is 33.3 Å². The number of esters is 2. The van der Waals surface area contributed by atoms with Gasteiger partial charge in [-0.1, -0.05) is 30.4 Å². The molecule has 5 atom stereocenters. The summed E-state index contributed by atoms with van der Waals surface area (Å²) in [4.78, 5) is 24.3. The van der Waals surface area contributed by atoms with Crippen molar-refractivity contribution in [3.63, 3.8) is 0 Å². The van der Waals surface area contributed by atoms with Gasteiger partial charge in [-0.2, -0.15) is 0 Å². The zero-order chi connectivity index (χ0) is 19.6. The number of rotatable bonds is 3. The summed E-state index contributed by atoms with van der Waals surface area (Å²) in [5, 5.41) is 19.7. The molecule has 2 aliphatic rings. The van der Waals surface area contributed by atoms with Crippen LogP contribution in [0.3, 0.4) is 0 Å². The molecule has 1 heterocycles. The molecule has 6 nitrogen and oxygen atoms in total. The highest BCUT2D eigenvalue weighted by Crippen LogP contribution is 2.36. The summed E-state index contributed by atoms with van der Waals surface area (Å²) in [5.74, 6) is -1.80. The predicted molar refractivity (Wildman–Crippen MR) is 96.0 cm³/mol. The Hall–Kier alpha value is -2.18. The predicted octanol–water partition coefficient (Wildman–Crippen LogP) is 1.98. The lowest BCUT2D eigenvalue weighted by Gasteiger charge is -2.28. The number of aliphatic hydroxyl groups is 2. The molecule has 2 N–H and O–H groups in total. The van der Waals surface area contributed by atoms with Crippen LogP contribution in [-0.4, -0.2) is 46.6 Å². The summed E-state index contributed by atoms with van der Waals surface area (Å²) in [6.45, 7) is 12.5. The molecule has 5 unspecified atom stereocenters. The standard InChI is InChI=1S/C20H26O6/c1-10-6-15(22)7-11(2)9-17-18(13(4)20(24)26-17)16(8-10)25-19(23)12(3)14(5)21/h6,9,14-18,21-22H,3-4,7-8H2,1-2,5H3/b10-6?,11-9+. The van der Waals surface area contributed by atoms with Crippen molar-refractivity contribution < 1.29 is 29.3 Å². The molecule has 142 valence electrons. The number of hydrogen-bond acceptors (Lipinski definition) is 6. The number of carbonyl (C=O) groups is 2. The molecule has 0 aromatic rings. The Labute approximate surface area is 153 Å². The van der Waals surface area contributed by atoms with Gasteiger partial charge in [0.15, 0.2) is 0 Å². The highest BCUT2D eigenvalue weighted by atomic mass is 16.6. The van der Waals surface area contributed by atoms with E-state index >= 15 is 0 Å². The van der Waals surface area contributed by atoms with Gasteiger partial charge >= 0.3 is 11.9 Å². The van der Waals surface area contributed by atoms with Crippen molar-refractivity contribution in [2.45, 2.75) is 58.0 Å². The highest BCUT2D eigenvalue weighted by molar-refractivity contribution is 5.92. The molecule has 2 rings (SSSR count). The number of hydrogen-bond donors (Lipinski definition) is 2. The van der Waals surface area contributed by atoms with Gasteiger partial charge in [0, 0.05) is 12.0 Å². The average molecular weight is 362 g/mol. The van der Waals surface area contributed by atoms with E-state index in [0.717, 1.165) is 11.1 Å². The third-order valence-electron chi connectivity index (χ3n) is 4.67. The van der Waals surface area contributed by atoms with Gasteiger partial charge in [-0.25, -0.2) is 9.59 Å². The Morgan fingerprint density at radius 1 is 1.31 bits per heavy atom. The van der Waals surface area contributed by atoms with Gasteiger partial charge in [0.05, 0.1) is 23.7 Å². The molecule has 0 saturated carbocycles. The second-order valence-electron chi connectivity index (χ2n) is 7.07. The van der Waals surface area contributed by atoms with Crippen molar-refractivity contribution >= 4 is 11.9 Å². The van der Waals surface area contributed by atoms with E-state index in [2.05, 4.69) is 13.2 Å². The number of ether oxygens (including phenoxy) is 2. The fourth-order valence-electron chi connectivity index (χ4n) is 3.26. The van der Waals surface area contributed by atoms with Crippen LogP contribution in [0.4, 0.5) is 0 Å². The Bertz CT molecular complexity index is 684. The van der Waals surface area contributed by atoms with Crippen LogP contribution in [-0.2, 0) is 19.1 Å². The van der Waals surface area contributed by atoms with Gasteiger partial charge in [-0.3, -0.25) is 0 Å². The molecular weight excluding hydrogens is 336 g/mol. The zero-order valence-corrected chi connectivity index (χ0v) is 15.4. The molecule has 0 amide bonds. The number of aliphatic hydroxyl groups excluding tert-OH is 2. The lowest BCUT2D eigenvalue weighted by atomic mass is 9.85. The van der Waals surface area contributed by atoms with E-state index in [1.807, 2.05) is 13.8 Å². The van der Waals surface area contributed by atoms with Gasteiger partial charge in [0.25, 0.3) is 0 Å². The molecular formula is C20H26O6. The van der Waals surface area contributed by atoms with Crippen LogP contribution in [0.1, 0.15) is 33.6 Å². The van der Waals surface area contributed by atoms with E-state index in [0.29, 0.717) is 12.8 Å². The maximum atomic E-state index is 12.3. The lowest BCUT2D eigenvalue weighted by Crippen LogP contribution is -2.34. The molecule has 1 fully saturated rings. The van der Waals surface area contributed by atoms with E-state index in [9.17, 15) is 19.8 Å². The van der Waals surface area contributed by atoms with Gasteiger partial charge < -0.3 is 19.7 Å². The maximum absolute atomic E-state index is 12.3. The molecule has 0 aromatic heterocycles. The Morgan fingerprint density at radius 3 is 2.54 bits per heavy atom. The van der Waals surface area contributed by atoms with Gasteiger partial charge in [0.2, 0.25) is 0 Å². The van der Waals surface area contributed by atoms with Crippen LogP contribution in [0.15, 0.2) is 47.6 Å². The van der Waals surface area contributed by atoms with E-state index in [4.69, 9.17) is 9.47 Å². The third-order valence-corrected chi connectivity index (χ3v) is 4.67. The third kappa shape index (κ3) is 4.51. The number of carbonyl (C=O) groups excluding carboxylic acids is 2. The van der Waals surface area contributed by atoms with Crippen LogP contribution in [0.25, 0.3) is 0 Å². The van der Waals surface area contributed by atoms with Crippen LogP contribution < -0.4 is 0 Å². The van der Waals surface area contributed by atoms with Crippen molar-refractivity contribution in [2.24, 2.45) is 5.92 Å². The summed E-state index contributed by atoms with van der Waals surface area (Å²) in [6, 6.07) is 0. The summed E-state index contributed by atoms with van der Waals surface area (Å²) < 4.78 is 11.0. The summed E-state index contributed by atoms with van der Waals surface area (Å²) >= 11 is 0. The van der Waals surface area contributed by atoms with Crippen LogP contribution >= 0.6 is 0 Å². The average Bonchev–Trinajstić information content (AvgIpc) is 2.78. The Balaban J connectivity index is 2.40. The highest BCUT2D eigenvalue weighted by Gasteiger charge is 2.44. The molecule has 0 radical (unpaired) electrons. The monoisotopic (exact) mass is 362 g/mol. The first-order chi connectivity index (χ1) is 12.1. The number of fused-ring (bicyclic) bond motifs is 1. The second kappa shape index (κ2) is 8.01. The van der Waals surface area contributed by atoms with Crippen molar-refractivity contribution in [1.82, 2.24) is 0 Å². The minimum Gasteiger partial charge on any atom is -0.458 e. The first kappa shape index (κ1) is 20.1. The van der Waals surface area contributed by atoms with E-state index in [-0.39, 0.29) is 11.1 Å². The Kier molecular flexibility index (Phi) is 6.21. The van der Waals surface area contributed by atoms with E-state index in [1.54, 1.807) is 12.2 Å². The van der Waals surface area contributed by atoms with Crippen molar-refractivity contribution in [2.75, 3.05) is 0 Å². The fourth-order valence-corrected chi connectivity index (χ4v) is 3.26. The normalized spacial score (nSPS) is 32.5. The minimum absolute atomic E-state index is 0.0668. The first-order valence-electron chi connectivity index (χ1n) is 8.60. The Morgan fingerprint density at radius 2 is 1.92 bits per heavy atom. The van der Waals surface area contributed by atoms with Crippen molar-refractivity contribution in [3.8, 4) is 0 Å². The summed E-state index contributed by atoms with van der Waals surface area (Å²) in [7, 11) is 0. The smallest absolute Gasteiger partial charge is 0.336 e. The molecule has 6 heteroatoms. The van der Waals surface area contributed by atoms with Crippen LogP contribution in [0.2, 0.25) is 0 Å². The summed E-state index contributed by atoms with van der Waals surface area (Å²) in [5.41, 5.74) is 1.86. The van der Waals surface area contributed by atoms with E-state index < -0.39 is 42.3 Å². The molecule has 1 aliphatic heterocycles. The maximum Gasteiger partial charge on any atom is 0.336 e. The fraction of sp³-hybridized carbons (Fsp3) is 0.500. The topological polar surface area (TPSA) is 93.1 Å². The largest absolute Gasteiger partial charge is 0.458 e. The van der Waals surface area contributed by atoms with Crippen LogP contribution in [0, 0.1) is 5.92 Å². The molecule has 0 spiro atoms. The molecule has 26 heavy (non-hydrogen) atoms. The van der Waals surface area contributed by atoms with Gasteiger partial charge in [-0.15, -0.1) is 0 Å². The minimum atomic E-state index is -1.04. The van der Waals surface area contributed by atoms with E-state index in [1.165, 1.54) is 6.92 Å². The lowest BCUT2D eigenvalue weighted by molar-refractivity contribution is -0.148. The van der Waals surface area contributed by atoms with Crippen molar-refractivity contribution in [3.05, 3.63) is 47.6 Å². The van der Waals surface area contributed by atoms with Crippen LogP contribution in [0.5, 0.6) is 0 Å². The molecule has 0 bridgehead atoms. The quantitative estimate of drug-likeness (QED) is 0.453. The SMILES string of the molecule is C=C(C(=O)OC1CC(C)=CC(O)C/C(C)=C/C2OC(=O)C(=C)C21)C(C)O. The zero-order valence-electron chi connectivity index (χ0n) is 15.4. The molecule has 0 aromatic carbocycles. The van der Waals surface area contributed by atoms with Crippen molar-refractivity contribution in [1.29, 1.82) is 0 Å². The summed E-state index contributed by atoms with van der Waals surface area (Å²) in [6.07, 6.45) is 1.15. The molecule has 1 saturated heterocycles. The second-order valence-corrected chi connectivity index (χ2v) is 7.07. The molecule has 1 aliphatic carbocycles.